The number of amides is 1. The molecule has 1 amide bonds. The number of nitrogens with zero attached hydrogens (tertiary/aromatic N) is 4. The standard InChI is InChI=1S/C19H16ClN5O2/c1-11-6-5-7-14(20)13(11)10-25-16-9-4-3-8-15(16)22-19(25)17-18(21-12(2)26)24-27-23-17/h3-9H,10H2,1-2H3,(H,21,24,26). The fraction of sp³-hybridized carbons (Fsp3) is 0.158. The van der Waals surface area contributed by atoms with Crippen molar-refractivity contribution in [2.45, 2.75) is 20.4 Å². The van der Waals surface area contributed by atoms with Crippen LogP contribution in [0.1, 0.15) is 18.1 Å². The van der Waals surface area contributed by atoms with Gasteiger partial charge in [0.2, 0.25) is 11.7 Å². The number of halogens is 1. The number of imidazole rings is 1. The molecule has 136 valence electrons. The summed E-state index contributed by atoms with van der Waals surface area (Å²) in [6, 6.07) is 13.6. The number of aromatic nitrogens is 4. The number of para-hydroxylation sites is 2. The summed E-state index contributed by atoms with van der Waals surface area (Å²) in [4.78, 5) is 16.2. The highest BCUT2D eigenvalue weighted by molar-refractivity contribution is 6.31. The van der Waals surface area contributed by atoms with Crippen LogP contribution in [0.15, 0.2) is 47.1 Å². The fourth-order valence-corrected chi connectivity index (χ4v) is 3.31. The summed E-state index contributed by atoms with van der Waals surface area (Å²) in [5.74, 6) is 0.506. The molecule has 2 heterocycles. The first-order valence-corrected chi connectivity index (χ1v) is 8.72. The zero-order valence-corrected chi connectivity index (χ0v) is 15.5. The Kier molecular flexibility index (Phi) is 4.37. The molecule has 2 aromatic carbocycles. The monoisotopic (exact) mass is 381 g/mol. The van der Waals surface area contributed by atoms with Crippen molar-refractivity contribution in [3.05, 3.63) is 58.6 Å². The number of carbonyl (C=O) groups is 1. The van der Waals surface area contributed by atoms with Crippen molar-refractivity contribution >= 4 is 34.4 Å². The maximum absolute atomic E-state index is 11.5. The van der Waals surface area contributed by atoms with E-state index in [-0.39, 0.29) is 11.7 Å². The minimum atomic E-state index is -0.267. The van der Waals surface area contributed by atoms with E-state index >= 15 is 0 Å². The Morgan fingerprint density at radius 1 is 1.19 bits per heavy atom. The predicted molar refractivity (Wildman–Crippen MR) is 103 cm³/mol. The van der Waals surface area contributed by atoms with Gasteiger partial charge in [0.05, 0.1) is 17.6 Å². The lowest BCUT2D eigenvalue weighted by Crippen LogP contribution is -2.09. The highest BCUT2D eigenvalue weighted by Gasteiger charge is 2.22. The second kappa shape index (κ2) is 6.85. The number of rotatable bonds is 4. The number of aryl methyl sites for hydroxylation is 1. The molecule has 0 spiro atoms. The largest absolute Gasteiger partial charge is 0.318 e. The summed E-state index contributed by atoms with van der Waals surface area (Å²) >= 11 is 6.44. The normalized spacial score (nSPS) is 11.1. The molecule has 4 aromatic rings. The smallest absolute Gasteiger partial charge is 0.222 e. The van der Waals surface area contributed by atoms with Crippen molar-refractivity contribution in [3.8, 4) is 11.5 Å². The zero-order valence-electron chi connectivity index (χ0n) is 14.7. The molecule has 0 aliphatic rings. The molecule has 4 rings (SSSR count). The summed E-state index contributed by atoms with van der Waals surface area (Å²) in [6.07, 6.45) is 0. The van der Waals surface area contributed by atoms with Crippen LogP contribution in [0, 0.1) is 6.92 Å². The molecule has 1 N–H and O–H groups in total. The lowest BCUT2D eigenvalue weighted by atomic mass is 10.1. The van der Waals surface area contributed by atoms with E-state index in [4.69, 9.17) is 16.2 Å². The van der Waals surface area contributed by atoms with Crippen molar-refractivity contribution < 1.29 is 9.42 Å². The second-order valence-electron chi connectivity index (χ2n) is 6.19. The SMILES string of the molecule is CC(=O)Nc1nonc1-c1nc2ccccc2n1Cc1c(C)cccc1Cl. The Bertz CT molecular complexity index is 1130. The first-order chi connectivity index (χ1) is 13.0. The topological polar surface area (TPSA) is 85.8 Å². The number of hydrogen-bond acceptors (Lipinski definition) is 5. The molecule has 27 heavy (non-hydrogen) atoms. The molecule has 0 unspecified atom stereocenters. The minimum absolute atomic E-state index is 0.231. The van der Waals surface area contributed by atoms with Gasteiger partial charge in [-0.15, -0.1) is 0 Å². The van der Waals surface area contributed by atoms with Gasteiger partial charge in [-0.05, 0) is 46.6 Å². The molecule has 0 radical (unpaired) electrons. The third-order valence-corrected chi connectivity index (χ3v) is 4.67. The summed E-state index contributed by atoms with van der Waals surface area (Å²) in [5.41, 5.74) is 4.15. The molecular weight excluding hydrogens is 366 g/mol. The van der Waals surface area contributed by atoms with Crippen LogP contribution in [-0.2, 0) is 11.3 Å². The van der Waals surface area contributed by atoms with Crippen LogP contribution in [0.4, 0.5) is 5.82 Å². The summed E-state index contributed by atoms with van der Waals surface area (Å²) in [6.45, 7) is 3.91. The first kappa shape index (κ1) is 17.2. The average Bonchev–Trinajstić information content (AvgIpc) is 3.22. The van der Waals surface area contributed by atoms with E-state index in [9.17, 15) is 4.79 Å². The van der Waals surface area contributed by atoms with E-state index in [0.29, 0.717) is 23.1 Å². The summed E-state index contributed by atoms with van der Waals surface area (Å²) < 4.78 is 6.85. The number of anilines is 1. The molecule has 0 fully saturated rings. The molecule has 0 saturated carbocycles. The van der Waals surface area contributed by atoms with Gasteiger partial charge in [0, 0.05) is 11.9 Å². The van der Waals surface area contributed by atoms with E-state index < -0.39 is 0 Å². The van der Waals surface area contributed by atoms with Gasteiger partial charge in [0.15, 0.2) is 11.5 Å². The van der Waals surface area contributed by atoms with Crippen molar-refractivity contribution in [2.24, 2.45) is 0 Å². The molecule has 0 saturated heterocycles. The molecule has 2 aromatic heterocycles. The van der Waals surface area contributed by atoms with Crippen molar-refractivity contribution in [2.75, 3.05) is 5.32 Å². The Hall–Kier alpha value is -3.19. The zero-order chi connectivity index (χ0) is 19.0. The van der Waals surface area contributed by atoms with Crippen LogP contribution in [0.3, 0.4) is 0 Å². The third-order valence-electron chi connectivity index (χ3n) is 4.32. The van der Waals surface area contributed by atoms with Crippen LogP contribution < -0.4 is 5.32 Å². The van der Waals surface area contributed by atoms with Crippen LogP contribution >= 0.6 is 11.6 Å². The van der Waals surface area contributed by atoms with Gasteiger partial charge in [-0.3, -0.25) is 4.79 Å². The van der Waals surface area contributed by atoms with E-state index in [1.807, 2.05) is 54.0 Å². The highest BCUT2D eigenvalue weighted by Crippen LogP contribution is 2.30. The quantitative estimate of drug-likeness (QED) is 0.576. The Labute approximate surface area is 159 Å². The van der Waals surface area contributed by atoms with Crippen molar-refractivity contribution in [3.63, 3.8) is 0 Å². The van der Waals surface area contributed by atoms with Crippen molar-refractivity contribution in [1.82, 2.24) is 19.9 Å². The van der Waals surface area contributed by atoms with E-state index in [1.165, 1.54) is 6.92 Å². The highest BCUT2D eigenvalue weighted by atomic mass is 35.5. The van der Waals surface area contributed by atoms with Gasteiger partial charge in [0.1, 0.15) is 0 Å². The van der Waals surface area contributed by atoms with E-state index in [0.717, 1.165) is 22.2 Å². The third kappa shape index (κ3) is 3.17. The predicted octanol–water partition coefficient (Wildman–Crippen LogP) is 4.05. The number of fused-ring (bicyclic) bond motifs is 1. The van der Waals surface area contributed by atoms with Crippen molar-refractivity contribution in [1.29, 1.82) is 0 Å². The van der Waals surface area contributed by atoms with Gasteiger partial charge in [-0.1, -0.05) is 35.9 Å². The summed E-state index contributed by atoms with van der Waals surface area (Å²) in [5, 5.41) is 11.1. The number of hydrogen-bond donors (Lipinski definition) is 1. The maximum Gasteiger partial charge on any atom is 0.222 e. The lowest BCUT2D eigenvalue weighted by molar-refractivity contribution is -0.114. The molecule has 0 aliphatic heterocycles. The lowest BCUT2D eigenvalue weighted by Gasteiger charge is -2.12. The van der Waals surface area contributed by atoms with Crippen LogP contribution in [0.2, 0.25) is 5.02 Å². The van der Waals surface area contributed by atoms with Gasteiger partial charge in [-0.25, -0.2) is 9.61 Å². The molecule has 0 bridgehead atoms. The van der Waals surface area contributed by atoms with E-state index in [1.54, 1.807) is 0 Å². The maximum atomic E-state index is 11.5. The molecule has 0 aliphatic carbocycles. The van der Waals surface area contributed by atoms with Gasteiger partial charge >= 0.3 is 0 Å². The molecular formula is C19H16ClN5O2. The molecule has 7 nitrogen and oxygen atoms in total. The Morgan fingerprint density at radius 3 is 2.78 bits per heavy atom. The van der Waals surface area contributed by atoms with Crippen LogP contribution in [-0.4, -0.2) is 25.8 Å². The Morgan fingerprint density at radius 2 is 2.00 bits per heavy atom. The minimum Gasteiger partial charge on any atom is -0.318 e. The Balaban J connectivity index is 1.91. The molecule has 8 heteroatoms. The number of benzene rings is 2. The average molecular weight is 382 g/mol. The van der Waals surface area contributed by atoms with Crippen LogP contribution in [0.25, 0.3) is 22.6 Å². The second-order valence-corrected chi connectivity index (χ2v) is 6.60. The number of carbonyl (C=O) groups excluding carboxylic acids is 1. The van der Waals surface area contributed by atoms with Gasteiger partial charge in [-0.2, -0.15) is 0 Å². The van der Waals surface area contributed by atoms with Gasteiger partial charge in [0.25, 0.3) is 0 Å². The van der Waals surface area contributed by atoms with Crippen LogP contribution in [0.5, 0.6) is 0 Å². The summed E-state index contributed by atoms with van der Waals surface area (Å²) in [7, 11) is 0. The van der Waals surface area contributed by atoms with Gasteiger partial charge < -0.3 is 9.88 Å². The first-order valence-electron chi connectivity index (χ1n) is 8.34. The fourth-order valence-electron chi connectivity index (χ4n) is 3.03. The van der Waals surface area contributed by atoms with E-state index in [2.05, 4.69) is 20.6 Å². The number of nitrogens with one attached hydrogen (secondary N) is 1. The molecule has 0 atom stereocenters.